The van der Waals surface area contributed by atoms with E-state index in [1.807, 2.05) is 42.9 Å². The summed E-state index contributed by atoms with van der Waals surface area (Å²) < 4.78 is 7.96. The van der Waals surface area contributed by atoms with E-state index in [-0.39, 0.29) is 24.5 Å². The molecule has 0 atom stereocenters. The highest BCUT2D eigenvalue weighted by Crippen LogP contribution is 2.41. The second-order valence-electron chi connectivity index (χ2n) is 11.8. The third kappa shape index (κ3) is 5.95. The molecule has 0 saturated carbocycles. The molecule has 8 nitrogen and oxygen atoms in total. The number of rotatable bonds is 8. The highest BCUT2D eigenvalue weighted by molar-refractivity contribution is 7.22. The third-order valence-electron chi connectivity index (χ3n) is 9.03. The number of imidazole rings is 1. The quantitative estimate of drug-likeness (QED) is 0.153. The topological polar surface area (TPSA) is 80.6 Å². The fourth-order valence-corrected chi connectivity index (χ4v) is 7.92. The summed E-state index contributed by atoms with van der Waals surface area (Å²) in [5, 5.41) is 1.20. The molecule has 48 heavy (non-hydrogen) atoms. The molecule has 0 aliphatic carbocycles. The first kappa shape index (κ1) is 31.6. The monoisotopic (exact) mass is 675 g/mol. The van der Waals surface area contributed by atoms with Gasteiger partial charge in [-0.05, 0) is 47.7 Å². The largest absolute Gasteiger partial charge is 0.453 e. The van der Waals surface area contributed by atoms with Gasteiger partial charge in [-0.3, -0.25) is 9.69 Å². The minimum Gasteiger partial charge on any atom is -0.453 e. The molecule has 10 heteroatoms. The number of halogens is 1. The van der Waals surface area contributed by atoms with Gasteiger partial charge in [-0.2, -0.15) is 0 Å². The lowest BCUT2D eigenvalue weighted by atomic mass is 9.77. The lowest BCUT2D eigenvalue weighted by molar-refractivity contribution is -0.123. The molecule has 2 aromatic heterocycles. The van der Waals surface area contributed by atoms with Crippen molar-refractivity contribution >= 4 is 50.3 Å². The number of fused-ring (bicyclic) bond motifs is 1. The maximum atomic E-state index is 14.4. The molecule has 3 heterocycles. The highest BCUT2D eigenvalue weighted by atomic mass is 35.5. The number of aromatic nitrogens is 3. The molecule has 1 aliphatic rings. The van der Waals surface area contributed by atoms with Crippen molar-refractivity contribution in [3.8, 4) is 0 Å². The number of likely N-dealkylation sites (tertiary alicyclic amines) is 1. The van der Waals surface area contributed by atoms with Crippen LogP contribution in [-0.2, 0) is 21.6 Å². The fraction of sp³-hybridized carbons (Fsp3) is 0.211. The van der Waals surface area contributed by atoms with E-state index in [2.05, 4.69) is 77.4 Å². The molecule has 2 amide bonds. The van der Waals surface area contributed by atoms with Crippen LogP contribution in [0.2, 0.25) is 5.02 Å². The number of carbonyl (C=O) groups excluding carboxylic acids is 2. The van der Waals surface area contributed by atoms with Crippen molar-refractivity contribution < 1.29 is 14.3 Å². The average molecular weight is 676 g/mol. The molecular formula is C38H34ClN5O3S. The van der Waals surface area contributed by atoms with Crippen LogP contribution in [0.4, 0.5) is 9.93 Å². The Labute approximate surface area is 288 Å². The van der Waals surface area contributed by atoms with Gasteiger partial charge in [0.1, 0.15) is 5.54 Å². The van der Waals surface area contributed by atoms with Gasteiger partial charge < -0.3 is 14.2 Å². The summed E-state index contributed by atoms with van der Waals surface area (Å²) in [4.78, 5) is 39.7. The van der Waals surface area contributed by atoms with Gasteiger partial charge in [0.2, 0.25) is 5.91 Å². The van der Waals surface area contributed by atoms with Gasteiger partial charge in [0.25, 0.3) is 0 Å². The van der Waals surface area contributed by atoms with Crippen molar-refractivity contribution in [2.24, 2.45) is 5.92 Å². The lowest BCUT2D eigenvalue weighted by Crippen LogP contribution is -2.44. The number of methoxy groups -OCH3 is 1. The van der Waals surface area contributed by atoms with Crippen molar-refractivity contribution in [1.82, 2.24) is 19.4 Å². The van der Waals surface area contributed by atoms with Gasteiger partial charge in [0.05, 0.1) is 35.9 Å². The lowest BCUT2D eigenvalue weighted by Gasteiger charge is -2.37. The van der Waals surface area contributed by atoms with Crippen LogP contribution < -0.4 is 4.90 Å². The van der Waals surface area contributed by atoms with Crippen LogP contribution in [0, 0.1) is 5.92 Å². The minimum absolute atomic E-state index is 0.0420. The maximum absolute atomic E-state index is 14.4. The van der Waals surface area contributed by atoms with Crippen molar-refractivity contribution in [3.63, 3.8) is 0 Å². The van der Waals surface area contributed by atoms with Crippen LogP contribution in [0.1, 0.15) is 35.2 Å². The number of benzene rings is 4. The van der Waals surface area contributed by atoms with Crippen LogP contribution in [0.5, 0.6) is 0 Å². The second kappa shape index (κ2) is 13.6. The summed E-state index contributed by atoms with van der Waals surface area (Å²) >= 11 is 7.75. The van der Waals surface area contributed by atoms with Gasteiger partial charge in [-0.15, -0.1) is 0 Å². The molecule has 0 N–H and O–H groups in total. The summed E-state index contributed by atoms with van der Waals surface area (Å²) in [6.45, 7) is 1.13. The molecule has 1 fully saturated rings. The Morgan fingerprint density at radius 3 is 2.04 bits per heavy atom. The minimum atomic E-state index is -0.725. The van der Waals surface area contributed by atoms with Crippen molar-refractivity contribution in [3.05, 3.63) is 149 Å². The molecule has 1 saturated heterocycles. The molecule has 6 aromatic rings. The Morgan fingerprint density at radius 1 is 0.896 bits per heavy atom. The average Bonchev–Trinajstić information content (AvgIpc) is 3.79. The summed E-state index contributed by atoms with van der Waals surface area (Å²) in [7, 11) is 1.38. The van der Waals surface area contributed by atoms with Crippen LogP contribution in [0.3, 0.4) is 0 Å². The van der Waals surface area contributed by atoms with Gasteiger partial charge in [-0.1, -0.05) is 114 Å². The molecule has 0 unspecified atom stereocenters. The van der Waals surface area contributed by atoms with E-state index in [9.17, 15) is 9.59 Å². The summed E-state index contributed by atoms with van der Waals surface area (Å²) in [5.74, 6) is -0.319. The molecule has 0 bridgehead atoms. The molecule has 0 spiro atoms. The van der Waals surface area contributed by atoms with Crippen LogP contribution in [0.15, 0.2) is 122 Å². The van der Waals surface area contributed by atoms with E-state index < -0.39 is 5.54 Å². The Hall–Kier alpha value is -4.99. The Bertz CT molecular complexity index is 1930. The molecule has 0 radical (unpaired) electrons. The van der Waals surface area contributed by atoms with Crippen LogP contribution in [-0.4, -0.2) is 51.6 Å². The standard InChI is InChI=1S/C38H34ClN5O3S/c1-47-37(46)42-21-19-27(20-22-42)35(45)44(36-41-33-18-17-31(39)23-34(33)48-36)25-32-24-43(26-40-32)38(28-11-5-2-6-12-28,29-13-7-3-8-14-29)30-15-9-4-10-16-30/h2-18,23-24,26-27H,19-22,25H2,1H3. The van der Waals surface area contributed by atoms with Crippen molar-refractivity contribution in [2.75, 3.05) is 25.1 Å². The van der Waals surface area contributed by atoms with Crippen molar-refractivity contribution in [1.29, 1.82) is 0 Å². The van der Waals surface area contributed by atoms with Crippen molar-refractivity contribution in [2.45, 2.75) is 24.9 Å². The van der Waals surface area contributed by atoms with E-state index >= 15 is 0 Å². The van der Waals surface area contributed by atoms with Gasteiger partial charge in [-0.25, -0.2) is 14.8 Å². The number of hydrogen-bond donors (Lipinski definition) is 0. The fourth-order valence-electron chi connectivity index (χ4n) is 6.68. The first-order valence-electron chi connectivity index (χ1n) is 15.9. The van der Waals surface area contributed by atoms with E-state index in [0.29, 0.717) is 36.1 Å². The normalized spacial score (nSPS) is 13.8. The molecular weight excluding hydrogens is 642 g/mol. The zero-order valence-electron chi connectivity index (χ0n) is 26.4. The summed E-state index contributed by atoms with van der Waals surface area (Å²) in [5.41, 5.74) is 4.02. The first-order chi connectivity index (χ1) is 23.5. The molecule has 4 aromatic carbocycles. The number of nitrogens with zero attached hydrogens (tertiary/aromatic N) is 5. The number of ether oxygens (including phenoxy) is 1. The predicted octanol–water partition coefficient (Wildman–Crippen LogP) is 8.00. The van der Waals surface area contributed by atoms with E-state index in [1.54, 1.807) is 15.9 Å². The Kier molecular flexibility index (Phi) is 8.97. The highest BCUT2D eigenvalue weighted by Gasteiger charge is 2.39. The van der Waals surface area contributed by atoms with Crippen LogP contribution >= 0.6 is 22.9 Å². The summed E-state index contributed by atoms with van der Waals surface area (Å²) in [6.07, 6.45) is 4.60. The number of amides is 2. The SMILES string of the molecule is COC(=O)N1CCC(C(=O)N(Cc2cn(C(c3ccccc3)(c3ccccc3)c3ccccc3)cn2)c2nc3ccc(Cl)cc3s2)CC1. The van der Waals surface area contributed by atoms with Gasteiger partial charge in [0, 0.05) is 30.2 Å². The molecule has 242 valence electrons. The molecule has 7 rings (SSSR count). The van der Waals surface area contributed by atoms with E-state index in [0.717, 1.165) is 32.6 Å². The third-order valence-corrected chi connectivity index (χ3v) is 10.3. The zero-order chi connectivity index (χ0) is 33.1. The Morgan fingerprint density at radius 2 is 1.48 bits per heavy atom. The van der Waals surface area contributed by atoms with Gasteiger partial charge in [0.15, 0.2) is 5.13 Å². The number of anilines is 1. The number of piperidine rings is 1. The van der Waals surface area contributed by atoms with E-state index in [4.69, 9.17) is 26.3 Å². The first-order valence-corrected chi connectivity index (χ1v) is 17.1. The number of thiazole rings is 1. The summed E-state index contributed by atoms with van der Waals surface area (Å²) in [6, 6.07) is 36.8. The van der Waals surface area contributed by atoms with Gasteiger partial charge >= 0.3 is 6.09 Å². The number of carbonyl (C=O) groups is 2. The van der Waals surface area contributed by atoms with E-state index in [1.165, 1.54) is 18.4 Å². The van der Waals surface area contributed by atoms with Crippen LogP contribution in [0.25, 0.3) is 10.2 Å². The molecule has 1 aliphatic heterocycles. The Balaban J connectivity index is 1.30. The second-order valence-corrected chi connectivity index (χ2v) is 13.3. The predicted molar refractivity (Wildman–Crippen MR) is 189 cm³/mol. The zero-order valence-corrected chi connectivity index (χ0v) is 28.0. The number of hydrogen-bond acceptors (Lipinski definition) is 6. The smallest absolute Gasteiger partial charge is 0.409 e. The maximum Gasteiger partial charge on any atom is 0.409 e.